The molecule has 0 unspecified atom stereocenters. The molecule has 1 aliphatic heterocycles. The molecule has 1 heterocycles. The van der Waals surface area contributed by atoms with Crippen LogP contribution in [0.15, 0.2) is 18.2 Å². The maximum absolute atomic E-state index is 13.2. The number of benzene rings is 1. The molecule has 2 aliphatic rings. The Balaban J connectivity index is 1.44. The molecule has 114 valence electrons. The van der Waals surface area contributed by atoms with Gasteiger partial charge in [0.2, 0.25) is 5.91 Å². The van der Waals surface area contributed by atoms with Crippen LogP contribution in [0.2, 0.25) is 0 Å². The van der Waals surface area contributed by atoms with Crippen LogP contribution in [0.25, 0.3) is 0 Å². The SMILES string of the molecule is Cc1cc(CNC2CCN(C(=O)C3CC3)CC2)ccc1F. The molecule has 3 nitrogen and oxygen atoms in total. The molecule has 1 aromatic rings. The molecule has 4 heteroatoms. The molecule has 0 bridgehead atoms. The molecule has 0 aromatic heterocycles. The van der Waals surface area contributed by atoms with Gasteiger partial charge in [-0.1, -0.05) is 12.1 Å². The van der Waals surface area contributed by atoms with Crippen LogP contribution in [0.3, 0.4) is 0 Å². The van der Waals surface area contributed by atoms with Gasteiger partial charge in [0.25, 0.3) is 0 Å². The summed E-state index contributed by atoms with van der Waals surface area (Å²) in [7, 11) is 0. The normalized spacial score (nSPS) is 19.8. The van der Waals surface area contributed by atoms with E-state index in [0.717, 1.165) is 50.9 Å². The Hall–Kier alpha value is -1.42. The van der Waals surface area contributed by atoms with Crippen molar-refractivity contribution in [2.75, 3.05) is 13.1 Å². The third-order valence-electron chi connectivity index (χ3n) is 4.55. The summed E-state index contributed by atoms with van der Waals surface area (Å²) >= 11 is 0. The van der Waals surface area contributed by atoms with Crippen molar-refractivity contribution >= 4 is 5.91 Å². The first kappa shape index (κ1) is 14.5. The molecule has 1 aliphatic carbocycles. The predicted molar refractivity (Wildman–Crippen MR) is 80.3 cm³/mol. The highest BCUT2D eigenvalue weighted by atomic mass is 19.1. The second-order valence-corrected chi connectivity index (χ2v) is 6.34. The van der Waals surface area contributed by atoms with E-state index < -0.39 is 0 Å². The number of hydrogen-bond donors (Lipinski definition) is 1. The molecule has 1 aromatic carbocycles. The lowest BCUT2D eigenvalue weighted by Crippen LogP contribution is -2.45. The van der Waals surface area contributed by atoms with Gasteiger partial charge in [0, 0.05) is 31.6 Å². The van der Waals surface area contributed by atoms with Crippen molar-refractivity contribution in [1.29, 1.82) is 0 Å². The van der Waals surface area contributed by atoms with E-state index in [1.165, 1.54) is 6.07 Å². The standard InChI is InChI=1S/C17H23FN2O/c1-12-10-13(2-5-16(12)18)11-19-15-6-8-20(9-7-15)17(21)14-3-4-14/h2,5,10,14-15,19H,3-4,6-9,11H2,1H3. The van der Waals surface area contributed by atoms with Gasteiger partial charge in [-0.15, -0.1) is 0 Å². The number of nitrogens with one attached hydrogen (secondary N) is 1. The fraction of sp³-hybridized carbons (Fsp3) is 0.588. The van der Waals surface area contributed by atoms with Gasteiger partial charge in [-0.3, -0.25) is 4.79 Å². The molecule has 21 heavy (non-hydrogen) atoms. The van der Waals surface area contributed by atoms with Gasteiger partial charge < -0.3 is 10.2 Å². The van der Waals surface area contributed by atoms with E-state index in [1.807, 2.05) is 17.0 Å². The zero-order valence-electron chi connectivity index (χ0n) is 12.6. The van der Waals surface area contributed by atoms with Crippen molar-refractivity contribution < 1.29 is 9.18 Å². The van der Waals surface area contributed by atoms with Gasteiger partial charge in [0.15, 0.2) is 0 Å². The fourth-order valence-corrected chi connectivity index (χ4v) is 2.97. The number of amides is 1. The van der Waals surface area contributed by atoms with Gasteiger partial charge in [-0.25, -0.2) is 4.39 Å². The molecule has 0 spiro atoms. The summed E-state index contributed by atoms with van der Waals surface area (Å²) in [5.74, 6) is 0.546. The molecule has 1 saturated carbocycles. The Morgan fingerprint density at radius 2 is 2.00 bits per heavy atom. The molecule has 1 saturated heterocycles. The van der Waals surface area contributed by atoms with E-state index in [2.05, 4.69) is 5.32 Å². The molecular weight excluding hydrogens is 267 g/mol. The largest absolute Gasteiger partial charge is 0.342 e. The summed E-state index contributed by atoms with van der Waals surface area (Å²) in [5.41, 5.74) is 1.81. The Morgan fingerprint density at radius 3 is 2.62 bits per heavy atom. The maximum Gasteiger partial charge on any atom is 0.225 e. The third-order valence-corrected chi connectivity index (χ3v) is 4.55. The average Bonchev–Trinajstić information content (AvgIpc) is 3.33. The quantitative estimate of drug-likeness (QED) is 0.924. The van der Waals surface area contributed by atoms with E-state index >= 15 is 0 Å². The van der Waals surface area contributed by atoms with Crippen molar-refractivity contribution in [2.45, 2.75) is 45.2 Å². The minimum Gasteiger partial charge on any atom is -0.342 e. The summed E-state index contributed by atoms with van der Waals surface area (Å²) < 4.78 is 13.2. The van der Waals surface area contributed by atoms with Crippen molar-refractivity contribution in [3.63, 3.8) is 0 Å². The Labute approximate surface area is 125 Å². The number of carbonyl (C=O) groups is 1. The fourth-order valence-electron chi connectivity index (χ4n) is 2.97. The zero-order valence-corrected chi connectivity index (χ0v) is 12.6. The van der Waals surface area contributed by atoms with Gasteiger partial charge in [-0.2, -0.15) is 0 Å². The number of rotatable bonds is 4. The monoisotopic (exact) mass is 290 g/mol. The van der Waals surface area contributed by atoms with Crippen LogP contribution in [0.5, 0.6) is 0 Å². The summed E-state index contributed by atoms with van der Waals surface area (Å²) in [6.45, 7) is 4.30. The number of piperidine rings is 1. The zero-order chi connectivity index (χ0) is 14.8. The first-order chi connectivity index (χ1) is 10.1. The Morgan fingerprint density at radius 1 is 1.29 bits per heavy atom. The maximum atomic E-state index is 13.2. The topological polar surface area (TPSA) is 32.3 Å². The smallest absolute Gasteiger partial charge is 0.225 e. The molecule has 0 atom stereocenters. The van der Waals surface area contributed by atoms with E-state index in [1.54, 1.807) is 6.92 Å². The Bertz CT molecular complexity index is 520. The number of carbonyl (C=O) groups excluding carboxylic acids is 1. The summed E-state index contributed by atoms with van der Waals surface area (Å²) in [6, 6.07) is 5.72. The average molecular weight is 290 g/mol. The second kappa shape index (κ2) is 6.14. The van der Waals surface area contributed by atoms with Gasteiger partial charge in [-0.05, 0) is 49.8 Å². The minimum absolute atomic E-state index is 0.148. The molecule has 2 fully saturated rings. The predicted octanol–water partition coefficient (Wildman–Crippen LogP) is 2.62. The van der Waals surface area contributed by atoms with Gasteiger partial charge in [0.1, 0.15) is 5.82 Å². The molecular formula is C17H23FN2O. The van der Waals surface area contributed by atoms with Gasteiger partial charge in [0.05, 0.1) is 0 Å². The highest BCUT2D eigenvalue weighted by Gasteiger charge is 2.34. The van der Waals surface area contributed by atoms with Crippen LogP contribution in [-0.4, -0.2) is 29.9 Å². The number of halogens is 1. The molecule has 3 rings (SSSR count). The number of aryl methyl sites for hydroxylation is 1. The first-order valence-electron chi connectivity index (χ1n) is 7.90. The van der Waals surface area contributed by atoms with E-state index in [0.29, 0.717) is 23.4 Å². The first-order valence-corrected chi connectivity index (χ1v) is 7.90. The van der Waals surface area contributed by atoms with Crippen molar-refractivity contribution in [3.8, 4) is 0 Å². The summed E-state index contributed by atoms with van der Waals surface area (Å²) in [5, 5.41) is 3.53. The van der Waals surface area contributed by atoms with E-state index in [-0.39, 0.29) is 5.82 Å². The van der Waals surface area contributed by atoms with Crippen LogP contribution < -0.4 is 5.32 Å². The number of hydrogen-bond acceptors (Lipinski definition) is 2. The van der Waals surface area contributed by atoms with Crippen LogP contribution >= 0.6 is 0 Å². The van der Waals surface area contributed by atoms with Crippen LogP contribution in [0.4, 0.5) is 4.39 Å². The van der Waals surface area contributed by atoms with E-state index in [9.17, 15) is 9.18 Å². The lowest BCUT2D eigenvalue weighted by atomic mass is 10.0. The van der Waals surface area contributed by atoms with Crippen molar-refractivity contribution in [3.05, 3.63) is 35.1 Å². The summed E-state index contributed by atoms with van der Waals surface area (Å²) in [6.07, 6.45) is 4.19. The third kappa shape index (κ3) is 3.62. The number of likely N-dealkylation sites (tertiary alicyclic amines) is 1. The Kier molecular flexibility index (Phi) is 4.24. The van der Waals surface area contributed by atoms with Crippen LogP contribution in [-0.2, 0) is 11.3 Å². The lowest BCUT2D eigenvalue weighted by Gasteiger charge is -2.32. The molecule has 1 N–H and O–H groups in total. The molecule has 0 radical (unpaired) electrons. The second-order valence-electron chi connectivity index (χ2n) is 6.34. The lowest BCUT2D eigenvalue weighted by molar-refractivity contribution is -0.133. The van der Waals surface area contributed by atoms with Crippen LogP contribution in [0, 0.1) is 18.7 Å². The highest BCUT2D eigenvalue weighted by molar-refractivity contribution is 5.81. The number of nitrogens with zero attached hydrogens (tertiary/aromatic N) is 1. The van der Waals surface area contributed by atoms with Crippen molar-refractivity contribution in [2.24, 2.45) is 5.92 Å². The molecule has 1 amide bonds. The highest BCUT2D eigenvalue weighted by Crippen LogP contribution is 2.31. The minimum atomic E-state index is -0.148. The van der Waals surface area contributed by atoms with Gasteiger partial charge >= 0.3 is 0 Å². The summed E-state index contributed by atoms with van der Waals surface area (Å²) in [4.78, 5) is 14.0. The van der Waals surface area contributed by atoms with Crippen LogP contribution in [0.1, 0.15) is 36.8 Å². The van der Waals surface area contributed by atoms with E-state index in [4.69, 9.17) is 0 Å². The van der Waals surface area contributed by atoms with Crippen molar-refractivity contribution in [1.82, 2.24) is 10.2 Å².